The van der Waals surface area contributed by atoms with Gasteiger partial charge in [0, 0.05) is 11.6 Å². The van der Waals surface area contributed by atoms with Crippen molar-refractivity contribution in [1.82, 2.24) is 5.32 Å². The number of hydrogen-bond acceptors (Lipinski definition) is 2. The van der Waals surface area contributed by atoms with Gasteiger partial charge in [-0.3, -0.25) is 0 Å². The van der Waals surface area contributed by atoms with Crippen LogP contribution in [0.3, 0.4) is 0 Å². The Kier molecular flexibility index (Phi) is 2.92. The van der Waals surface area contributed by atoms with Crippen molar-refractivity contribution in [3.8, 4) is 0 Å². The molecule has 0 radical (unpaired) electrons. The molecular formula is C12H19NO. The maximum Gasteiger partial charge on any atom is 0.105 e. The zero-order chi connectivity index (χ0) is 9.97. The summed E-state index contributed by atoms with van der Waals surface area (Å²) in [5.41, 5.74) is 1.33. The maximum absolute atomic E-state index is 5.34. The molecule has 0 amide bonds. The quantitative estimate of drug-likeness (QED) is 0.795. The summed E-state index contributed by atoms with van der Waals surface area (Å²) in [5.74, 6) is 1.99. The summed E-state index contributed by atoms with van der Waals surface area (Å²) in [6, 6.07) is 2.58. The van der Waals surface area contributed by atoms with Gasteiger partial charge >= 0.3 is 0 Å². The van der Waals surface area contributed by atoms with E-state index in [0.29, 0.717) is 6.04 Å². The lowest BCUT2D eigenvalue weighted by atomic mass is 9.79. The van der Waals surface area contributed by atoms with E-state index < -0.39 is 0 Å². The maximum atomic E-state index is 5.34. The molecule has 0 aromatic carbocycles. The van der Waals surface area contributed by atoms with Gasteiger partial charge in [0.05, 0.1) is 6.26 Å². The second kappa shape index (κ2) is 4.18. The summed E-state index contributed by atoms with van der Waals surface area (Å²) in [6.07, 6.45) is 7.29. The van der Waals surface area contributed by atoms with Gasteiger partial charge in [-0.2, -0.15) is 0 Å². The third-order valence-electron chi connectivity index (χ3n) is 3.42. The first-order valence-electron chi connectivity index (χ1n) is 5.52. The van der Waals surface area contributed by atoms with E-state index in [9.17, 15) is 0 Å². The van der Waals surface area contributed by atoms with Crippen LogP contribution < -0.4 is 5.32 Å². The first-order chi connectivity index (χ1) is 6.81. The van der Waals surface area contributed by atoms with E-state index >= 15 is 0 Å². The number of rotatable bonds is 4. The van der Waals surface area contributed by atoms with Crippen molar-refractivity contribution in [2.24, 2.45) is 5.92 Å². The number of aryl methyl sites for hydroxylation is 1. The molecule has 2 rings (SSSR count). The average molecular weight is 193 g/mol. The summed E-state index contributed by atoms with van der Waals surface area (Å²) in [6.45, 7) is 2.04. The molecule has 1 fully saturated rings. The van der Waals surface area contributed by atoms with Gasteiger partial charge in [0.2, 0.25) is 0 Å². The van der Waals surface area contributed by atoms with Crippen molar-refractivity contribution in [3.05, 3.63) is 23.7 Å². The van der Waals surface area contributed by atoms with Gasteiger partial charge in [-0.05, 0) is 32.4 Å². The predicted octanol–water partition coefficient (Wildman–Crippen LogP) is 3.04. The summed E-state index contributed by atoms with van der Waals surface area (Å²) in [7, 11) is 2.04. The zero-order valence-corrected chi connectivity index (χ0v) is 9.05. The van der Waals surface area contributed by atoms with E-state index in [2.05, 4.69) is 11.4 Å². The lowest BCUT2D eigenvalue weighted by Gasteiger charge is -2.29. The SMILES string of the molecule is CNC(CC1CCC1)c1ccoc1C. The average Bonchev–Trinajstić information content (AvgIpc) is 2.51. The Bertz CT molecular complexity index is 288. The van der Waals surface area contributed by atoms with Crippen molar-refractivity contribution in [3.63, 3.8) is 0 Å². The fourth-order valence-electron chi connectivity index (χ4n) is 2.22. The fraction of sp³-hybridized carbons (Fsp3) is 0.667. The largest absolute Gasteiger partial charge is 0.469 e. The van der Waals surface area contributed by atoms with Gasteiger partial charge in [-0.25, -0.2) is 0 Å². The molecule has 1 unspecified atom stereocenters. The first kappa shape index (κ1) is 9.78. The van der Waals surface area contributed by atoms with Crippen LogP contribution in [0.15, 0.2) is 16.7 Å². The van der Waals surface area contributed by atoms with E-state index in [-0.39, 0.29) is 0 Å². The molecule has 1 aromatic rings. The monoisotopic (exact) mass is 193 g/mol. The molecule has 0 spiro atoms. The van der Waals surface area contributed by atoms with Gasteiger partial charge in [-0.15, -0.1) is 0 Å². The van der Waals surface area contributed by atoms with Crippen LogP contribution in [0.2, 0.25) is 0 Å². The third-order valence-corrected chi connectivity index (χ3v) is 3.42. The molecule has 1 N–H and O–H groups in total. The van der Waals surface area contributed by atoms with Crippen LogP contribution in [0.25, 0.3) is 0 Å². The summed E-state index contributed by atoms with van der Waals surface area (Å²) in [4.78, 5) is 0. The lowest BCUT2D eigenvalue weighted by Crippen LogP contribution is -2.23. The summed E-state index contributed by atoms with van der Waals surface area (Å²) in [5, 5.41) is 3.38. The van der Waals surface area contributed by atoms with Gasteiger partial charge < -0.3 is 9.73 Å². The van der Waals surface area contributed by atoms with Crippen molar-refractivity contribution in [2.45, 2.75) is 38.6 Å². The number of nitrogens with one attached hydrogen (secondary N) is 1. The first-order valence-corrected chi connectivity index (χ1v) is 5.52. The molecule has 0 aliphatic heterocycles. The van der Waals surface area contributed by atoms with E-state index in [1.807, 2.05) is 14.0 Å². The Labute approximate surface area is 85.7 Å². The molecule has 1 saturated carbocycles. The van der Waals surface area contributed by atoms with Crippen LogP contribution in [0.4, 0.5) is 0 Å². The molecule has 2 nitrogen and oxygen atoms in total. The minimum atomic E-state index is 0.485. The molecule has 1 aliphatic carbocycles. The normalized spacial score (nSPS) is 19.3. The Morgan fingerprint density at radius 1 is 1.57 bits per heavy atom. The van der Waals surface area contributed by atoms with Crippen molar-refractivity contribution >= 4 is 0 Å². The molecule has 1 aromatic heterocycles. The molecule has 1 heterocycles. The topological polar surface area (TPSA) is 25.2 Å². The zero-order valence-electron chi connectivity index (χ0n) is 9.05. The Hall–Kier alpha value is -0.760. The number of hydrogen-bond donors (Lipinski definition) is 1. The molecule has 78 valence electrons. The lowest BCUT2D eigenvalue weighted by molar-refractivity contribution is 0.265. The van der Waals surface area contributed by atoms with Gasteiger partial charge in [0.1, 0.15) is 5.76 Å². The number of furan rings is 1. The van der Waals surface area contributed by atoms with Crippen LogP contribution >= 0.6 is 0 Å². The second-order valence-corrected chi connectivity index (χ2v) is 4.31. The summed E-state index contributed by atoms with van der Waals surface area (Å²) < 4.78 is 5.34. The van der Waals surface area contributed by atoms with Gasteiger partial charge in [-0.1, -0.05) is 19.3 Å². The van der Waals surface area contributed by atoms with Gasteiger partial charge in [0.15, 0.2) is 0 Å². The van der Waals surface area contributed by atoms with Crippen LogP contribution in [-0.4, -0.2) is 7.05 Å². The standard InChI is InChI=1S/C12H19NO/c1-9-11(6-7-14-9)12(13-2)8-10-4-3-5-10/h6-7,10,12-13H,3-5,8H2,1-2H3. The minimum Gasteiger partial charge on any atom is -0.469 e. The van der Waals surface area contributed by atoms with Crippen LogP contribution in [0.5, 0.6) is 0 Å². The predicted molar refractivity (Wildman–Crippen MR) is 57.2 cm³/mol. The molecule has 1 aliphatic rings. The van der Waals surface area contributed by atoms with Crippen molar-refractivity contribution in [1.29, 1.82) is 0 Å². The minimum absolute atomic E-state index is 0.485. The highest BCUT2D eigenvalue weighted by Gasteiger charge is 2.23. The highest BCUT2D eigenvalue weighted by molar-refractivity contribution is 5.20. The highest BCUT2D eigenvalue weighted by Crippen LogP contribution is 2.35. The molecule has 2 heteroatoms. The van der Waals surface area contributed by atoms with Crippen molar-refractivity contribution in [2.75, 3.05) is 7.05 Å². The molecule has 0 saturated heterocycles. The highest BCUT2D eigenvalue weighted by atomic mass is 16.3. The summed E-state index contributed by atoms with van der Waals surface area (Å²) >= 11 is 0. The Balaban J connectivity index is 2.01. The van der Waals surface area contributed by atoms with Crippen LogP contribution in [-0.2, 0) is 0 Å². The van der Waals surface area contributed by atoms with E-state index in [0.717, 1.165) is 11.7 Å². The van der Waals surface area contributed by atoms with Crippen LogP contribution in [0.1, 0.15) is 43.0 Å². The van der Waals surface area contributed by atoms with Crippen LogP contribution in [0, 0.1) is 12.8 Å². The molecule has 1 atom stereocenters. The van der Waals surface area contributed by atoms with E-state index in [1.165, 1.54) is 31.2 Å². The molecular weight excluding hydrogens is 174 g/mol. The second-order valence-electron chi connectivity index (χ2n) is 4.31. The Morgan fingerprint density at radius 3 is 2.79 bits per heavy atom. The van der Waals surface area contributed by atoms with Gasteiger partial charge in [0.25, 0.3) is 0 Å². The Morgan fingerprint density at radius 2 is 2.36 bits per heavy atom. The third kappa shape index (κ3) is 1.85. The molecule has 0 bridgehead atoms. The molecule has 14 heavy (non-hydrogen) atoms. The van der Waals surface area contributed by atoms with Crippen molar-refractivity contribution < 1.29 is 4.42 Å². The smallest absolute Gasteiger partial charge is 0.105 e. The fourth-order valence-corrected chi connectivity index (χ4v) is 2.22. The van der Waals surface area contributed by atoms with E-state index in [4.69, 9.17) is 4.42 Å². The van der Waals surface area contributed by atoms with E-state index in [1.54, 1.807) is 6.26 Å².